The van der Waals surface area contributed by atoms with Crippen LogP contribution in [0.5, 0.6) is 0 Å². The lowest BCUT2D eigenvalue weighted by Gasteiger charge is -2.14. The van der Waals surface area contributed by atoms with Crippen LogP contribution in [0.3, 0.4) is 0 Å². The van der Waals surface area contributed by atoms with Gasteiger partial charge in [-0.2, -0.15) is 0 Å². The van der Waals surface area contributed by atoms with Crippen LogP contribution in [0.15, 0.2) is 0 Å². The molecule has 1 aliphatic heterocycles. The van der Waals surface area contributed by atoms with Crippen molar-refractivity contribution in [3.63, 3.8) is 0 Å². The van der Waals surface area contributed by atoms with Crippen LogP contribution in [-0.2, 0) is 4.74 Å². The molecule has 2 atom stereocenters. The molecular weight excluding hydrogens is 150 g/mol. The molecule has 0 saturated carbocycles. The second-order valence-electron chi connectivity index (χ2n) is 3.87. The van der Waals surface area contributed by atoms with Gasteiger partial charge in [0.1, 0.15) is 0 Å². The normalized spacial score (nSPS) is 26.0. The van der Waals surface area contributed by atoms with E-state index >= 15 is 0 Å². The van der Waals surface area contributed by atoms with Crippen LogP contribution in [0.2, 0.25) is 0 Å². The van der Waals surface area contributed by atoms with Crippen molar-refractivity contribution in [3.05, 3.63) is 0 Å². The zero-order valence-corrected chi connectivity index (χ0v) is 8.09. The fourth-order valence-electron chi connectivity index (χ4n) is 1.78. The highest BCUT2D eigenvalue weighted by molar-refractivity contribution is 4.71. The maximum Gasteiger partial charge on any atom is 0.0495 e. The third-order valence-electron chi connectivity index (χ3n) is 2.59. The van der Waals surface area contributed by atoms with Gasteiger partial charge in [0.25, 0.3) is 0 Å². The van der Waals surface area contributed by atoms with Gasteiger partial charge >= 0.3 is 0 Å². The van der Waals surface area contributed by atoms with Gasteiger partial charge in [0.05, 0.1) is 0 Å². The van der Waals surface area contributed by atoms with Gasteiger partial charge in [-0.25, -0.2) is 0 Å². The molecule has 72 valence electrons. The van der Waals surface area contributed by atoms with Gasteiger partial charge in [-0.05, 0) is 25.2 Å². The number of nitrogens with two attached hydrogens (primary N) is 1. The summed E-state index contributed by atoms with van der Waals surface area (Å²) in [4.78, 5) is 0. The van der Waals surface area contributed by atoms with Crippen LogP contribution in [0.25, 0.3) is 0 Å². The van der Waals surface area contributed by atoms with Crippen LogP contribution in [-0.4, -0.2) is 19.3 Å². The van der Waals surface area contributed by atoms with E-state index in [-0.39, 0.29) is 0 Å². The lowest BCUT2D eigenvalue weighted by molar-refractivity contribution is 0.182. The van der Waals surface area contributed by atoms with E-state index in [1.807, 2.05) is 0 Å². The average Bonchev–Trinajstić information content (AvgIpc) is 2.53. The van der Waals surface area contributed by atoms with E-state index < -0.39 is 0 Å². The minimum Gasteiger partial charge on any atom is -0.381 e. The molecule has 2 N–H and O–H groups in total. The Balaban J connectivity index is 2.03. The molecule has 2 heteroatoms. The second kappa shape index (κ2) is 5.55. The fourth-order valence-corrected chi connectivity index (χ4v) is 1.78. The predicted octanol–water partition coefficient (Wildman–Crippen LogP) is 1.93. The summed E-state index contributed by atoms with van der Waals surface area (Å²) in [5.74, 6) is 0.747. The zero-order valence-electron chi connectivity index (χ0n) is 8.09. The van der Waals surface area contributed by atoms with Gasteiger partial charge in [-0.3, -0.25) is 0 Å². The molecule has 0 aromatic rings. The van der Waals surface area contributed by atoms with E-state index in [0.29, 0.717) is 6.04 Å². The lowest BCUT2D eigenvalue weighted by Crippen LogP contribution is -2.23. The maximum atomic E-state index is 5.98. The Kier molecular flexibility index (Phi) is 4.62. The number of ether oxygens (including phenoxy) is 1. The second-order valence-corrected chi connectivity index (χ2v) is 3.87. The summed E-state index contributed by atoms with van der Waals surface area (Å²) < 4.78 is 5.31. The molecule has 1 saturated heterocycles. The van der Waals surface area contributed by atoms with Crippen molar-refractivity contribution < 1.29 is 4.74 Å². The van der Waals surface area contributed by atoms with E-state index in [4.69, 9.17) is 10.5 Å². The Bertz CT molecular complexity index is 110. The van der Waals surface area contributed by atoms with Gasteiger partial charge in [0, 0.05) is 19.3 Å². The van der Waals surface area contributed by atoms with Gasteiger partial charge in [-0.15, -0.1) is 0 Å². The molecule has 0 aromatic carbocycles. The monoisotopic (exact) mass is 171 g/mol. The predicted molar refractivity (Wildman–Crippen MR) is 51.0 cm³/mol. The summed E-state index contributed by atoms with van der Waals surface area (Å²) in [6, 6.07) is 0.414. The highest BCUT2D eigenvalue weighted by Gasteiger charge is 2.18. The third kappa shape index (κ3) is 3.55. The van der Waals surface area contributed by atoms with E-state index in [2.05, 4.69) is 6.92 Å². The first kappa shape index (κ1) is 10.0. The molecular formula is C10H21NO. The van der Waals surface area contributed by atoms with Crippen molar-refractivity contribution in [2.24, 2.45) is 11.7 Å². The summed E-state index contributed by atoms with van der Waals surface area (Å²) in [6.45, 7) is 4.11. The Morgan fingerprint density at radius 2 is 2.42 bits per heavy atom. The standard InChI is InChI=1S/C10H21NO/c1-2-3-4-10(11)7-9-5-6-12-8-9/h9-10H,2-8,11H2,1H3. The highest BCUT2D eigenvalue weighted by atomic mass is 16.5. The molecule has 0 aromatic heterocycles. The molecule has 1 aliphatic rings. The molecule has 1 fully saturated rings. The number of hydrogen-bond donors (Lipinski definition) is 1. The minimum absolute atomic E-state index is 0.414. The molecule has 0 radical (unpaired) electrons. The Morgan fingerprint density at radius 1 is 1.58 bits per heavy atom. The molecule has 0 amide bonds. The van der Waals surface area contributed by atoms with Crippen LogP contribution in [0, 0.1) is 5.92 Å². The SMILES string of the molecule is CCCCC(N)CC1CCOC1. The summed E-state index contributed by atoms with van der Waals surface area (Å²) in [5, 5.41) is 0. The Labute approximate surface area is 75.5 Å². The maximum absolute atomic E-state index is 5.98. The number of unbranched alkanes of at least 4 members (excludes halogenated alkanes) is 1. The first-order valence-electron chi connectivity index (χ1n) is 5.16. The zero-order chi connectivity index (χ0) is 8.81. The molecule has 0 bridgehead atoms. The topological polar surface area (TPSA) is 35.2 Å². The van der Waals surface area contributed by atoms with Crippen molar-refractivity contribution in [3.8, 4) is 0 Å². The summed E-state index contributed by atoms with van der Waals surface area (Å²) in [7, 11) is 0. The minimum atomic E-state index is 0.414. The quantitative estimate of drug-likeness (QED) is 0.686. The summed E-state index contributed by atoms with van der Waals surface area (Å²) in [5.41, 5.74) is 5.98. The lowest BCUT2D eigenvalue weighted by atomic mass is 9.96. The van der Waals surface area contributed by atoms with Gasteiger partial charge in [-0.1, -0.05) is 19.8 Å². The molecule has 2 nitrogen and oxygen atoms in total. The molecule has 12 heavy (non-hydrogen) atoms. The molecule has 1 rings (SSSR count). The van der Waals surface area contributed by atoms with Crippen LogP contribution in [0.4, 0.5) is 0 Å². The van der Waals surface area contributed by atoms with E-state index in [1.54, 1.807) is 0 Å². The van der Waals surface area contributed by atoms with E-state index in [9.17, 15) is 0 Å². The third-order valence-corrected chi connectivity index (χ3v) is 2.59. The number of rotatable bonds is 5. The van der Waals surface area contributed by atoms with E-state index in [1.165, 1.54) is 32.1 Å². The van der Waals surface area contributed by atoms with Crippen LogP contribution >= 0.6 is 0 Å². The largest absolute Gasteiger partial charge is 0.381 e. The summed E-state index contributed by atoms with van der Waals surface area (Å²) in [6.07, 6.45) is 6.11. The summed E-state index contributed by atoms with van der Waals surface area (Å²) >= 11 is 0. The molecule has 1 heterocycles. The van der Waals surface area contributed by atoms with Crippen molar-refractivity contribution in [2.75, 3.05) is 13.2 Å². The molecule has 0 spiro atoms. The van der Waals surface area contributed by atoms with Crippen molar-refractivity contribution in [1.82, 2.24) is 0 Å². The number of hydrogen-bond acceptors (Lipinski definition) is 2. The Morgan fingerprint density at radius 3 is 3.00 bits per heavy atom. The van der Waals surface area contributed by atoms with Gasteiger partial charge < -0.3 is 10.5 Å². The Hall–Kier alpha value is -0.0800. The highest BCUT2D eigenvalue weighted by Crippen LogP contribution is 2.19. The molecule has 0 aliphatic carbocycles. The smallest absolute Gasteiger partial charge is 0.0495 e. The molecule has 2 unspecified atom stereocenters. The van der Waals surface area contributed by atoms with Crippen LogP contribution < -0.4 is 5.73 Å². The van der Waals surface area contributed by atoms with Crippen LogP contribution in [0.1, 0.15) is 39.0 Å². The fraction of sp³-hybridized carbons (Fsp3) is 1.00. The van der Waals surface area contributed by atoms with Crippen molar-refractivity contribution in [1.29, 1.82) is 0 Å². The first-order chi connectivity index (χ1) is 5.83. The van der Waals surface area contributed by atoms with Crippen molar-refractivity contribution >= 4 is 0 Å². The first-order valence-corrected chi connectivity index (χ1v) is 5.16. The van der Waals surface area contributed by atoms with Gasteiger partial charge in [0.15, 0.2) is 0 Å². The average molecular weight is 171 g/mol. The van der Waals surface area contributed by atoms with E-state index in [0.717, 1.165) is 19.1 Å². The van der Waals surface area contributed by atoms with Crippen molar-refractivity contribution in [2.45, 2.75) is 45.1 Å². The van der Waals surface area contributed by atoms with Gasteiger partial charge in [0.2, 0.25) is 0 Å².